The molecule has 0 N–H and O–H groups in total. The van der Waals surface area contributed by atoms with Crippen molar-refractivity contribution in [2.45, 2.75) is 11.8 Å². The van der Waals surface area contributed by atoms with Gasteiger partial charge in [0, 0.05) is 22.9 Å². The van der Waals surface area contributed by atoms with Gasteiger partial charge < -0.3 is 4.74 Å². The maximum absolute atomic E-state index is 5.26. The van der Waals surface area contributed by atoms with Gasteiger partial charge in [0.15, 0.2) is 0 Å². The summed E-state index contributed by atoms with van der Waals surface area (Å²) in [5.41, 5.74) is 1.01. The Balaban J connectivity index is 3.11. The van der Waals surface area contributed by atoms with Gasteiger partial charge in [0.05, 0.1) is 7.11 Å². The third kappa shape index (κ3) is 1.91. The van der Waals surface area contributed by atoms with Crippen molar-refractivity contribution in [2.75, 3.05) is 19.6 Å². The van der Waals surface area contributed by atoms with Gasteiger partial charge in [0.25, 0.3) is 0 Å². The fourth-order valence-electron chi connectivity index (χ4n) is 1.03. The smallest absolute Gasteiger partial charge is 0.134 e. The summed E-state index contributed by atoms with van der Waals surface area (Å²) in [6.45, 7) is 1.97. The Bertz CT molecular complexity index is 273. The highest BCUT2D eigenvalue weighted by atomic mass is 32.2. The van der Waals surface area contributed by atoms with Crippen LogP contribution in [-0.2, 0) is 0 Å². The number of rotatable bonds is 2. The molecule has 2 nitrogen and oxygen atoms in total. The van der Waals surface area contributed by atoms with Crippen LogP contribution in [-0.4, -0.2) is 24.6 Å². The largest absolute Gasteiger partial charge is 0.496 e. The van der Waals surface area contributed by atoms with Crippen LogP contribution < -0.4 is 4.74 Å². The predicted molar refractivity (Wildman–Crippen MR) is 54.6 cm³/mol. The van der Waals surface area contributed by atoms with Crippen LogP contribution in [0, 0.1) is 6.92 Å². The molecule has 68 valence electrons. The minimum absolute atomic E-state index is 0.122. The van der Waals surface area contributed by atoms with Crippen molar-refractivity contribution in [1.29, 1.82) is 0 Å². The molecule has 0 unspecified atom stereocenters. The molecule has 0 aliphatic heterocycles. The highest BCUT2D eigenvalue weighted by Crippen LogP contribution is 2.35. The Labute approximate surface area is 76.3 Å². The monoisotopic (exact) mass is 185 g/mol. The van der Waals surface area contributed by atoms with E-state index in [0.29, 0.717) is 0 Å². The number of pyridine rings is 1. The first-order valence-corrected chi connectivity index (χ1v) is 6.06. The standard InChI is InChI=1S/C9H15NOS/c1-7-5-8(11-2)9(6-10-7)12(3)4/h5-6,12H,1-4H3. The highest BCUT2D eigenvalue weighted by molar-refractivity contribution is 8.16. The number of thiol groups is 1. The Morgan fingerprint density at radius 1 is 1.42 bits per heavy atom. The molecule has 1 heterocycles. The molecule has 1 aromatic rings. The minimum atomic E-state index is -0.122. The van der Waals surface area contributed by atoms with Crippen LogP contribution in [0.4, 0.5) is 0 Å². The number of aromatic nitrogens is 1. The Morgan fingerprint density at radius 2 is 2.08 bits per heavy atom. The predicted octanol–water partition coefficient (Wildman–Crippen LogP) is 2.02. The van der Waals surface area contributed by atoms with Crippen molar-refractivity contribution >= 4 is 10.9 Å². The normalized spacial score (nSPS) is 11.2. The van der Waals surface area contributed by atoms with Crippen molar-refractivity contribution in [2.24, 2.45) is 0 Å². The molecule has 3 heteroatoms. The van der Waals surface area contributed by atoms with Gasteiger partial charge in [0.2, 0.25) is 0 Å². The van der Waals surface area contributed by atoms with E-state index >= 15 is 0 Å². The second-order valence-corrected chi connectivity index (χ2v) is 5.16. The van der Waals surface area contributed by atoms with Gasteiger partial charge in [-0.1, -0.05) is 0 Å². The van der Waals surface area contributed by atoms with Crippen LogP contribution >= 0.6 is 10.9 Å². The number of ether oxygens (including phenoxy) is 1. The van der Waals surface area contributed by atoms with Crippen LogP contribution in [0.2, 0.25) is 0 Å². The Hall–Kier alpha value is -0.700. The van der Waals surface area contributed by atoms with Crippen LogP contribution in [0.25, 0.3) is 0 Å². The van der Waals surface area contributed by atoms with Crippen molar-refractivity contribution < 1.29 is 4.74 Å². The van der Waals surface area contributed by atoms with Gasteiger partial charge >= 0.3 is 0 Å². The number of hydrogen-bond donors (Lipinski definition) is 1. The lowest BCUT2D eigenvalue weighted by Gasteiger charge is -2.13. The lowest BCUT2D eigenvalue weighted by molar-refractivity contribution is 0.403. The third-order valence-electron chi connectivity index (χ3n) is 1.68. The van der Waals surface area contributed by atoms with E-state index in [0.717, 1.165) is 11.4 Å². The lowest BCUT2D eigenvalue weighted by atomic mass is 10.3. The number of aryl methyl sites for hydroxylation is 1. The fraction of sp³-hybridized carbons (Fsp3) is 0.444. The molecule has 0 bridgehead atoms. The quantitative estimate of drug-likeness (QED) is 0.712. The molecule has 0 atom stereocenters. The summed E-state index contributed by atoms with van der Waals surface area (Å²) in [5.74, 6) is 0.971. The first-order valence-electron chi connectivity index (χ1n) is 3.83. The van der Waals surface area contributed by atoms with Crippen LogP contribution in [0.5, 0.6) is 5.75 Å². The second kappa shape index (κ2) is 3.81. The molecule has 0 aliphatic rings. The summed E-state index contributed by atoms with van der Waals surface area (Å²) in [5, 5.41) is 0. The summed E-state index contributed by atoms with van der Waals surface area (Å²) >= 11 is 0. The Morgan fingerprint density at radius 3 is 2.58 bits per heavy atom. The average Bonchev–Trinajstić information content (AvgIpc) is 2.03. The summed E-state index contributed by atoms with van der Waals surface area (Å²) in [6, 6.07) is 1.98. The van der Waals surface area contributed by atoms with E-state index in [4.69, 9.17) is 4.74 Å². The van der Waals surface area contributed by atoms with Gasteiger partial charge in [-0.3, -0.25) is 4.98 Å². The van der Waals surface area contributed by atoms with Crippen molar-refractivity contribution in [3.8, 4) is 5.75 Å². The van der Waals surface area contributed by atoms with E-state index in [1.807, 2.05) is 19.2 Å². The van der Waals surface area contributed by atoms with Crippen molar-refractivity contribution in [3.63, 3.8) is 0 Å². The zero-order valence-electron chi connectivity index (χ0n) is 7.96. The van der Waals surface area contributed by atoms with Crippen LogP contribution in [0.15, 0.2) is 17.2 Å². The zero-order chi connectivity index (χ0) is 9.14. The number of hydrogen-bond acceptors (Lipinski definition) is 2. The molecule has 1 rings (SSSR count). The topological polar surface area (TPSA) is 22.1 Å². The van der Waals surface area contributed by atoms with Gasteiger partial charge in [-0.05, 0) is 19.4 Å². The van der Waals surface area contributed by atoms with E-state index in [9.17, 15) is 0 Å². The average molecular weight is 185 g/mol. The molecule has 0 radical (unpaired) electrons. The summed E-state index contributed by atoms with van der Waals surface area (Å²) in [6.07, 6.45) is 6.31. The molecular formula is C9H15NOS. The van der Waals surface area contributed by atoms with E-state index in [1.54, 1.807) is 7.11 Å². The van der Waals surface area contributed by atoms with Crippen LogP contribution in [0.1, 0.15) is 5.69 Å². The van der Waals surface area contributed by atoms with E-state index in [1.165, 1.54) is 4.90 Å². The van der Waals surface area contributed by atoms with Crippen molar-refractivity contribution in [1.82, 2.24) is 4.98 Å². The van der Waals surface area contributed by atoms with Gasteiger partial charge in [-0.15, -0.1) is 0 Å². The lowest BCUT2D eigenvalue weighted by Crippen LogP contribution is -1.91. The molecule has 0 saturated heterocycles. The molecular weight excluding hydrogens is 170 g/mol. The molecule has 0 spiro atoms. The van der Waals surface area contributed by atoms with Gasteiger partial charge in [-0.2, -0.15) is 0 Å². The molecule has 0 amide bonds. The van der Waals surface area contributed by atoms with Crippen LogP contribution in [0.3, 0.4) is 0 Å². The maximum Gasteiger partial charge on any atom is 0.134 e. The molecule has 1 aromatic heterocycles. The third-order valence-corrected chi connectivity index (χ3v) is 2.98. The van der Waals surface area contributed by atoms with Gasteiger partial charge in [-0.25, -0.2) is 10.9 Å². The Kier molecular flexibility index (Phi) is 2.98. The highest BCUT2D eigenvalue weighted by Gasteiger charge is 2.04. The fourth-order valence-corrected chi connectivity index (χ4v) is 1.91. The molecule has 0 saturated carbocycles. The zero-order valence-corrected chi connectivity index (χ0v) is 8.85. The molecule has 0 aliphatic carbocycles. The van der Waals surface area contributed by atoms with Gasteiger partial charge in [0.1, 0.15) is 5.75 Å². The number of methoxy groups -OCH3 is 1. The maximum atomic E-state index is 5.26. The van der Waals surface area contributed by atoms with Crippen molar-refractivity contribution in [3.05, 3.63) is 18.0 Å². The van der Waals surface area contributed by atoms with E-state index < -0.39 is 0 Å². The first-order chi connectivity index (χ1) is 5.65. The molecule has 0 aromatic carbocycles. The summed E-state index contributed by atoms with van der Waals surface area (Å²) < 4.78 is 5.26. The molecule has 0 fully saturated rings. The molecule has 12 heavy (non-hydrogen) atoms. The summed E-state index contributed by atoms with van der Waals surface area (Å²) in [4.78, 5) is 5.48. The first kappa shape index (κ1) is 9.39. The minimum Gasteiger partial charge on any atom is -0.496 e. The second-order valence-electron chi connectivity index (χ2n) is 2.89. The summed E-state index contributed by atoms with van der Waals surface area (Å²) in [7, 11) is 1.58. The SMILES string of the molecule is COc1cc(C)ncc1[SH](C)C. The number of nitrogens with zero attached hydrogens (tertiary/aromatic N) is 1. The van der Waals surface area contributed by atoms with E-state index in [-0.39, 0.29) is 10.9 Å². The van der Waals surface area contributed by atoms with E-state index in [2.05, 4.69) is 17.5 Å².